The van der Waals surface area contributed by atoms with Gasteiger partial charge in [-0.2, -0.15) is 0 Å². The van der Waals surface area contributed by atoms with Crippen LogP contribution in [0.4, 0.5) is 0 Å². The summed E-state index contributed by atoms with van der Waals surface area (Å²) < 4.78 is 0. The van der Waals surface area contributed by atoms with Gasteiger partial charge in [-0.3, -0.25) is 4.90 Å². The maximum Gasteiger partial charge on any atom is 0.0237 e. The highest BCUT2D eigenvalue weighted by Gasteiger charge is 2.13. The van der Waals surface area contributed by atoms with E-state index in [0.717, 1.165) is 19.5 Å². The summed E-state index contributed by atoms with van der Waals surface area (Å²) in [4.78, 5) is 2.30. The van der Waals surface area contributed by atoms with Crippen LogP contribution in [0.5, 0.6) is 0 Å². The van der Waals surface area contributed by atoms with Crippen LogP contribution in [0.2, 0.25) is 0 Å². The lowest BCUT2D eigenvalue weighted by atomic mass is 10.1. The number of allylic oxidation sites excluding steroid dienone is 1. The first-order chi connectivity index (χ1) is 6.77. The number of hydrogen-bond acceptors (Lipinski definition) is 1. The summed E-state index contributed by atoms with van der Waals surface area (Å²) in [5.41, 5.74) is 2.80. The fourth-order valence-corrected chi connectivity index (χ4v) is 1.46. The fraction of sp³-hybridized carbons (Fsp3) is 0.538. The van der Waals surface area contributed by atoms with Gasteiger partial charge in [-0.05, 0) is 24.6 Å². The van der Waals surface area contributed by atoms with Crippen LogP contribution in [0.1, 0.15) is 27.2 Å². The molecule has 0 fully saturated rings. The van der Waals surface area contributed by atoms with Crippen LogP contribution in [-0.2, 0) is 0 Å². The Bertz CT molecular complexity index is 223. The third-order valence-electron chi connectivity index (χ3n) is 2.09. The summed E-state index contributed by atoms with van der Waals surface area (Å²) in [6, 6.07) is 0. The third-order valence-corrected chi connectivity index (χ3v) is 2.09. The summed E-state index contributed by atoms with van der Waals surface area (Å²) in [7, 11) is 2.14. The molecule has 0 aliphatic carbocycles. The van der Waals surface area contributed by atoms with Crippen molar-refractivity contribution in [2.75, 3.05) is 20.1 Å². The molecule has 80 valence electrons. The Morgan fingerprint density at radius 3 is 2.36 bits per heavy atom. The molecular weight excluding hydrogens is 170 g/mol. The minimum atomic E-state index is 1.05. The second-order valence-corrected chi connectivity index (χ2v) is 3.24. The highest BCUT2D eigenvalue weighted by atomic mass is 15.1. The van der Waals surface area contributed by atoms with E-state index in [-0.39, 0.29) is 0 Å². The molecule has 1 aliphatic rings. The molecule has 0 aromatic carbocycles. The highest BCUT2D eigenvalue weighted by Crippen LogP contribution is 2.17. The first kappa shape index (κ1) is 13.2. The Kier molecular flexibility index (Phi) is 7.13. The Morgan fingerprint density at radius 1 is 1.29 bits per heavy atom. The van der Waals surface area contributed by atoms with Gasteiger partial charge in [0.05, 0.1) is 0 Å². The molecule has 14 heavy (non-hydrogen) atoms. The van der Waals surface area contributed by atoms with Crippen molar-refractivity contribution < 1.29 is 0 Å². The van der Waals surface area contributed by atoms with E-state index in [4.69, 9.17) is 0 Å². The topological polar surface area (TPSA) is 3.24 Å². The van der Waals surface area contributed by atoms with Gasteiger partial charge in [0.1, 0.15) is 0 Å². The van der Waals surface area contributed by atoms with Crippen molar-refractivity contribution in [1.82, 2.24) is 4.90 Å². The Hall–Kier alpha value is -0.820. The second-order valence-electron chi connectivity index (χ2n) is 3.24. The number of hydrogen-bond donors (Lipinski definition) is 0. The minimum Gasteiger partial charge on any atom is -0.298 e. The molecule has 0 bridgehead atoms. The zero-order valence-electron chi connectivity index (χ0n) is 10.0. The van der Waals surface area contributed by atoms with Gasteiger partial charge in [0.25, 0.3) is 0 Å². The molecule has 1 nitrogen and oxygen atoms in total. The second kappa shape index (κ2) is 7.57. The fourth-order valence-electron chi connectivity index (χ4n) is 1.46. The van der Waals surface area contributed by atoms with Crippen LogP contribution < -0.4 is 0 Å². The van der Waals surface area contributed by atoms with Gasteiger partial charge in [-0.25, -0.2) is 0 Å². The van der Waals surface area contributed by atoms with Crippen LogP contribution >= 0.6 is 0 Å². The van der Waals surface area contributed by atoms with Gasteiger partial charge in [0, 0.05) is 13.1 Å². The first-order valence-corrected chi connectivity index (χ1v) is 5.47. The standard InChI is InChI=1S/C11H17N.C2H6/c1-4-6-7-11-9-12(3)8-10(11)5-2;1-2/h5-7H,2,4,8-9H2,1,3H3;1-2H3/b7-6-;. The van der Waals surface area contributed by atoms with E-state index >= 15 is 0 Å². The minimum absolute atomic E-state index is 1.05. The first-order valence-electron chi connectivity index (χ1n) is 5.47. The van der Waals surface area contributed by atoms with E-state index in [1.54, 1.807) is 0 Å². The van der Waals surface area contributed by atoms with E-state index in [2.05, 4.69) is 37.6 Å². The molecule has 0 aromatic heterocycles. The number of rotatable bonds is 3. The van der Waals surface area contributed by atoms with E-state index in [9.17, 15) is 0 Å². The summed E-state index contributed by atoms with van der Waals surface area (Å²) in [5.74, 6) is 0. The van der Waals surface area contributed by atoms with E-state index in [0.29, 0.717) is 0 Å². The predicted octanol–water partition coefficient (Wildman–Crippen LogP) is 3.41. The number of likely N-dealkylation sites (N-methyl/N-ethyl adjacent to an activating group) is 1. The molecule has 0 amide bonds. The summed E-state index contributed by atoms with van der Waals surface area (Å²) >= 11 is 0. The SMILES string of the molecule is C=CC1=C(/C=C\CC)CN(C)C1.CC. The normalized spacial score (nSPS) is 17.1. The zero-order chi connectivity index (χ0) is 11.0. The van der Waals surface area contributed by atoms with Crippen molar-refractivity contribution in [3.8, 4) is 0 Å². The molecule has 1 rings (SSSR count). The lowest BCUT2D eigenvalue weighted by molar-refractivity contribution is 0.428. The van der Waals surface area contributed by atoms with E-state index < -0.39 is 0 Å². The van der Waals surface area contributed by atoms with Crippen molar-refractivity contribution in [2.45, 2.75) is 27.2 Å². The van der Waals surface area contributed by atoms with Crippen LogP contribution in [0.3, 0.4) is 0 Å². The van der Waals surface area contributed by atoms with Crippen molar-refractivity contribution >= 4 is 0 Å². The molecule has 0 saturated carbocycles. The quantitative estimate of drug-likeness (QED) is 0.664. The maximum absolute atomic E-state index is 3.82. The molecule has 0 N–H and O–H groups in total. The van der Waals surface area contributed by atoms with Crippen molar-refractivity contribution in [3.05, 3.63) is 36.0 Å². The Morgan fingerprint density at radius 2 is 1.86 bits per heavy atom. The molecule has 0 unspecified atom stereocenters. The van der Waals surface area contributed by atoms with Crippen LogP contribution in [-0.4, -0.2) is 25.0 Å². The van der Waals surface area contributed by atoms with Crippen LogP contribution in [0, 0.1) is 0 Å². The van der Waals surface area contributed by atoms with Crippen LogP contribution in [0.25, 0.3) is 0 Å². The Balaban J connectivity index is 0.000000791. The maximum atomic E-state index is 3.82. The van der Waals surface area contributed by atoms with Gasteiger partial charge in [0.15, 0.2) is 0 Å². The smallest absolute Gasteiger partial charge is 0.0237 e. The molecule has 1 heterocycles. The van der Waals surface area contributed by atoms with E-state index in [1.807, 2.05) is 19.9 Å². The van der Waals surface area contributed by atoms with Gasteiger partial charge >= 0.3 is 0 Å². The van der Waals surface area contributed by atoms with E-state index in [1.165, 1.54) is 11.1 Å². The lowest BCUT2D eigenvalue weighted by Crippen LogP contribution is -2.14. The van der Waals surface area contributed by atoms with Crippen molar-refractivity contribution in [3.63, 3.8) is 0 Å². The molecule has 0 atom stereocenters. The average Bonchev–Trinajstić information content (AvgIpc) is 2.59. The molecule has 0 radical (unpaired) electrons. The molecule has 1 aliphatic heterocycles. The molecule has 0 spiro atoms. The highest BCUT2D eigenvalue weighted by molar-refractivity contribution is 5.37. The Labute approximate surface area is 88.8 Å². The zero-order valence-corrected chi connectivity index (χ0v) is 10.0. The molecule has 0 saturated heterocycles. The van der Waals surface area contributed by atoms with Gasteiger partial charge in [-0.15, -0.1) is 0 Å². The van der Waals surface area contributed by atoms with Gasteiger partial charge < -0.3 is 0 Å². The van der Waals surface area contributed by atoms with Gasteiger partial charge in [-0.1, -0.05) is 45.6 Å². The van der Waals surface area contributed by atoms with Crippen LogP contribution in [0.15, 0.2) is 36.0 Å². The molecular formula is C13H23N. The summed E-state index contributed by atoms with van der Waals surface area (Å²) in [6.45, 7) is 12.1. The van der Waals surface area contributed by atoms with Crippen molar-refractivity contribution in [2.24, 2.45) is 0 Å². The monoisotopic (exact) mass is 193 g/mol. The predicted molar refractivity (Wildman–Crippen MR) is 65.5 cm³/mol. The number of nitrogens with zero attached hydrogens (tertiary/aromatic N) is 1. The van der Waals surface area contributed by atoms with Crippen molar-refractivity contribution in [1.29, 1.82) is 0 Å². The molecule has 1 heteroatoms. The summed E-state index contributed by atoms with van der Waals surface area (Å²) in [5, 5.41) is 0. The van der Waals surface area contributed by atoms with Gasteiger partial charge in [0.2, 0.25) is 0 Å². The summed E-state index contributed by atoms with van der Waals surface area (Å²) in [6.07, 6.45) is 7.51. The third kappa shape index (κ3) is 3.93. The molecule has 0 aromatic rings. The largest absolute Gasteiger partial charge is 0.298 e. The lowest BCUT2D eigenvalue weighted by Gasteiger charge is -2.04. The average molecular weight is 193 g/mol.